The van der Waals surface area contributed by atoms with Crippen molar-refractivity contribution in [2.75, 3.05) is 6.26 Å². The van der Waals surface area contributed by atoms with Crippen molar-refractivity contribution >= 4 is 49.7 Å². The van der Waals surface area contributed by atoms with E-state index in [0.717, 1.165) is 19.3 Å². The molecule has 1 fully saturated rings. The van der Waals surface area contributed by atoms with Crippen LogP contribution in [0.15, 0.2) is 16.6 Å². The quantitative estimate of drug-likeness (QED) is 0.919. The molecule has 2 atom stereocenters. The molecule has 5 nitrogen and oxygen atoms in total. The number of rotatable bonds is 4. The van der Waals surface area contributed by atoms with Crippen molar-refractivity contribution in [2.24, 2.45) is 0 Å². The summed E-state index contributed by atoms with van der Waals surface area (Å²) in [6, 6.07) is -0.0160. The highest BCUT2D eigenvalue weighted by atomic mass is 35.5. The zero-order chi connectivity index (χ0) is 14.3. The SMILES string of the molecule is CSC1CCC(NS(=O)(=O)c2c(Cl)nc3sccn23)C1. The number of sulfonamides is 1. The molecule has 2 unspecified atom stereocenters. The predicted octanol–water partition coefficient (Wildman–Crippen LogP) is 2.61. The van der Waals surface area contributed by atoms with Gasteiger partial charge in [0.25, 0.3) is 10.0 Å². The third kappa shape index (κ3) is 2.59. The minimum atomic E-state index is -3.64. The number of hydrogen-bond donors (Lipinski definition) is 1. The molecule has 0 spiro atoms. The maximum Gasteiger partial charge on any atom is 0.260 e. The van der Waals surface area contributed by atoms with Crippen molar-refractivity contribution in [1.29, 1.82) is 0 Å². The highest BCUT2D eigenvalue weighted by Crippen LogP contribution is 2.30. The molecule has 1 N–H and O–H groups in total. The van der Waals surface area contributed by atoms with Crippen LogP contribution in [0.3, 0.4) is 0 Å². The van der Waals surface area contributed by atoms with Gasteiger partial charge in [0, 0.05) is 22.9 Å². The van der Waals surface area contributed by atoms with Crippen LogP contribution in [0, 0.1) is 0 Å². The molecule has 2 aromatic rings. The molecule has 1 saturated carbocycles. The van der Waals surface area contributed by atoms with E-state index in [2.05, 4.69) is 16.0 Å². The summed E-state index contributed by atoms with van der Waals surface area (Å²) in [6.45, 7) is 0. The summed E-state index contributed by atoms with van der Waals surface area (Å²) in [4.78, 5) is 4.66. The largest absolute Gasteiger partial charge is 0.279 e. The van der Waals surface area contributed by atoms with Crippen LogP contribution in [0.1, 0.15) is 19.3 Å². The highest BCUT2D eigenvalue weighted by Gasteiger charge is 2.31. The lowest BCUT2D eigenvalue weighted by Gasteiger charge is -2.12. The van der Waals surface area contributed by atoms with Crippen molar-refractivity contribution in [2.45, 2.75) is 35.6 Å². The first-order valence-electron chi connectivity index (χ1n) is 6.17. The van der Waals surface area contributed by atoms with Crippen LogP contribution in [-0.2, 0) is 10.0 Å². The fourth-order valence-corrected chi connectivity index (χ4v) is 6.05. The minimum absolute atomic E-state index is 0.0160. The van der Waals surface area contributed by atoms with E-state index in [1.165, 1.54) is 15.7 Å². The number of fused-ring (bicyclic) bond motifs is 1. The maximum absolute atomic E-state index is 12.5. The lowest BCUT2D eigenvalue weighted by molar-refractivity contribution is 0.548. The molecule has 0 saturated heterocycles. The molecular weight excluding hydrogens is 338 g/mol. The smallest absolute Gasteiger partial charge is 0.260 e. The van der Waals surface area contributed by atoms with Crippen molar-refractivity contribution < 1.29 is 8.42 Å². The first-order chi connectivity index (χ1) is 9.51. The molecule has 1 aliphatic rings. The van der Waals surface area contributed by atoms with Gasteiger partial charge in [0.1, 0.15) is 0 Å². The molecule has 0 radical (unpaired) electrons. The number of thioether (sulfide) groups is 1. The molecule has 3 rings (SSSR count). The number of hydrogen-bond acceptors (Lipinski definition) is 5. The molecule has 2 heterocycles. The number of halogens is 1. The minimum Gasteiger partial charge on any atom is -0.279 e. The number of aromatic nitrogens is 2. The zero-order valence-corrected chi connectivity index (χ0v) is 13.9. The van der Waals surface area contributed by atoms with Crippen LogP contribution < -0.4 is 4.72 Å². The lowest BCUT2D eigenvalue weighted by atomic mass is 10.3. The Balaban J connectivity index is 1.88. The normalized spacial score (nSPS) is 23.7. The molecule has 0 aliphatic heterocycles. The Morgan fingerprint density at radius 2 is 2.35 bits per heavy atom. The number of imidazole rings is 1. The van der Waals surface area contributed by atoms with E-state index >= 15 is 0 Å². The van der Waals surface area contributed by atoms with Crippen LogP contribution in [-0.4, -0.2) is 35.4 Å². The van der Waals surface area contributed by atoms with Crippen molar-refractivity contribution in [3.05, 3.63) is 16.7 Å². The Kier molecular flexibility index (Phi) is 4.02. The fourth-order valence-electron chi connectivity index (χ4n) is 2.52. The molecule has 110 valence electrons. The second-order valence-electron chi connectivity index (χ2n) is 4.75. The van der Waals surface area contributed by atoms with Gasteiger partial charge in [-0.3, -0.25) is 4.40 Å². The van der Waals surface area contributed by atoms with Gasteiger partial charge in [-0.05, 0) is 25.5 Å². The summed E-state index contributed by atoms with van der Waals surface area (Å²) < 4.78 is 29.3. The average Bonchev–Trinajstić information content (AvgIpc) is 3.03. The average molecular weight is 352 g/mol. The van der Waals surface area contributed by atoms with Gasteiger partial charge in [-0.15, -0.1) is 11.3 Å². The summed E-state index contributed by atoms with van der Waals surface area (Å²) in [6.07, 6.45) is 6.51. The van der Waals surface area contributed by atoms with Crippen LogP contribution in [0.2, 0.25) is 5.15 Å². The standard InChI is InChI=1S/C11H14ClN3O2S3/c1-18-8-3-2-7(6-8)14-20(16,17)10-9(12)13-11-15(10)4-5-19-11/h4-5,7-8,14H,2-3,6H2,1H3. The van der Waals surface area contributed by atoms with E-state index in [1.54, 1.807) is 23.3 Å². The Labute approximate surface area is 130 Å². The van der Waals surface area contributed by atoms with Gasteiger partial charge in [-0.2, -0.15) is 11.8 Å². The second kappa shape index (κ2) is 5.49. The summed E-state index contributed by atoms with van der Waals surface area (Å²) in [5.74, 6) is 0. The topological polar surface area (TPSA) is 63.5 Å². The molecule has 0 amide bonds. The first kappa shape index (κ1) is 14.6. The molecule has 9 heteroatoms. The van der Waals surface area contributed by atoms with Gasteiger partial charge >= 0.3 is 0 Å². The molecule has 2 aromatic heterocycles. The number of nitrogens with zero attached hydrogens (tertiary/aromatic N) is 2. The van der Waals surface area contributed by atoms with Crippen LogP contribution in [0.25, 0.3) is 4.96 Å². The lowest BCUT2D eigenvalue weighted by Crippen LogP contribution is -2.34. The molecule has 0 bridgehead atoms. The molecule has 1 aliphatic carbocycles. The van der Waals surface area contributed by atoms with E-state index in [9.17, 15) is 8.42 Å². The summed E-state index contributed by atoms with van der Waals surface area (Å²) in [7, 11) is -3.64. The molecular formula is C11H14ClN3O2S3. The van der Waals surface area contributed by atoms with Gasteiger partial charge in [0.05, 0.1) is 0 Å². The van der Waals surface area contributed by atoms with Crippen molar-refractivity contribution in [3.8, 4) is 0 Å². The van der Waals surface area contributed by atoms with Crippen molar-refractivity contribution in [1.82, 2.24) is 14.1 Å². The van der Waals surface area contributed by atoms with Gasteiger partial charge in [0.2, 0.25) is 0 Å². The van der Waals surface area contributed by atoms with E-state index in [4.69, 9.17) is 11.6 Å². The van der Waals surface area contributed by atoms with E-state index in [-0.39, 0.29) is 16.2 Å². The number of thiazole rings is 1. The fraction of sp³-hybridized carbons (Fsp3) is 0.545. The predicted molar refractivity (Wildman–Crippen MR) is 83.3 cm³/mol. The summed E-state index contributed by atoms with van der Waals surface area (Å²) in [5, 5.41) is 2.40. The van der Waals surface area contributed by atoms with Gasteiger partial charge in [-0.25, -0.2) is 18.1 Å². The number of nitrogens with one attached hydrogen (secondary N) is 1. The summed E-state index contributed by atoms with van der Waals surface area (Å²) >= 11 is 9.13. The van der Waals surface area contributed by atoms with E-state index < -0.39 is 10.0 Å². The Bertz CT molecular complexity index is 724. The molecule has 20 heavy (non-hydrogen) atoms. The third-order valence-electron chi connectivity index (χ3n) is 3.47. The molecule has 0 aromatic carbocycles. The Morgan fingerprint density at radius 1 is 1.55 bits per heavy atom. The first-order valence-corrected chi connectivity index (χ1v) is 10.2. The Hall–Kier alpha value is -0.280. The van der Waals surface area contributed by atoms with Crippen LogP contribution in [0.4, 0.5) is 0 Å². The second-order valence-corrected chi connectivity index (χ2v) is 8.75. The van der Waals surface area contributed by atoms with Crippen LogP contribution >= 0.6 is 34.7 Å². The Morgan fingerprint density at radius 3 is 3.05 bits per heavy atom. The van der Waals surface area contributed by atoms with Crippen molar-refractivity contribution in [3.63, 3.8) is 0 Å². The maximum atomic E-state index is 12.5. The highest BCUT2D eigenvalue weighted by molar-refractivity contribution is 7.99. The van der Waals surface area contributed by atoms with Gasteiger partial charge < -0.3 is 0 Å². The van der Waals surface area contributed by atoms with E-state index in [0.29, 0.717) is 10.2 Å². The monoisotopic (exact) mass is 351 g/mol. The third-order valence-corrected chi connectivity index (χ3v) is 7.24. The van der Waals surface area contributed by atoms with Crippen LogP contribution in [0.5, 0.6) is 0 Å². The van der Waals surface area contributed by atoms with Gasteiger partial charge in [0.15, 0.2) is 15.1 Å². The van der Waals surface area contributed by atoms with Gasteiger partial charge in [-0.1, -0.05) is 11.6 Å². The summed E-state index contributed by atoms with van der Waals surface area (Å²) in [5.41, 5.74) is 0. The zero-order valence-electron chi connectivity index (χ0n) is 10.7. The van der Waals surface area contributed by atoms with E-state index in [1.807, 2.05) is 0 Å².